The number of aryl methyl sites for hydroxylation is 1. The Balaban J connectivity index is 1.65. The third-order valence-electron chi connectivity index (χ3n) is 3.90. The topological polar surface area (TPSA) is 121 Å². The number of anilines is 1. The highest BCUT2D eigenvalue weighted by molar-refractivity contribution is 8.01. The van der Waals surface area contributed by atoms with Gasteiger partial charge in [-0.2, -0.15) is 8.78 Å². The largest absolute Gasteiger partial charge is 0.452 e. The summed E-state index contributed by atoms with van der Waals surface area (Å²) in [5.41, 5.74) is 0.306. The summed E-state index contributed by atoms with van der Waals surface area (Å²) >= 11 is 2.43. The lowest BCUT2D eigenvalue weighted by atomic mass is 10.2. The Bertz CT molecular complexity index is 1190. The minimum absolute atomic E-state index is 0.0340. The molecular formula is C20H15F2N3O6S2. The van der Waals surface area contributed by atoms with Crippen LogP contribution in [0.25, 0.3) is 0 Å². The molecule has 0 spiro atoms. The second kappa shape index (κ2) is 10.8. The number of nitro benzene ring substituents is 1. The first-order valence-corrected chi connectivity index (χ1v) is 10.8. The first-order valence-electron chi connectivity index (χ1n) is 9.12. The summed E-state index contributed by atoms with van der Waals surface area (Å²) in [5.74, 6) is -2.03. The van der Waals surface area contributed by atoms with Crippen LogP contribution in [0.3, 0.4) is 0 Å². The van der Waals surface area contributed by atoms with Gasteiger partial charge < -0.3 is 14.8 Å². The van der Waals surface area contributed by atoms with Crippen molar-refractivity contribution in [1.29, 1.82) is 0 Å². The predicted octanol–water partition coefficient (Wildman–Crippen LogP) is 4.91. The Kier molecular flexibility index (Phi) is 7.90. The third-order valence-corrected chi connectivity index (χ3v) is 6.02. The summed E-state index contributed by atoms with van der Waals surface area (Å²) in [4.78, 5) is 39.7. The number of nitrogens with zero attached hydrogens (tertiary/aromatic N) is 2. The molecule has 0 fully saturated rings. The number of carbonyl (C=O) groups is 2. The average Bonchev–Trinajstić information content (AvgIpc) is 3.17. The molecule has 9 nitrogen and oxygen atoms in total. The highest BCUT2D eigenvalue weighted by Gasteiger charge is 2.21. The second-order valence-corrected chi connectivity index (χ2v) is 8.44. The number of carbonyl (C=O) groups excluding carboxylic acids is 2. The number of benzene rings is 2. The number of amides is 1. The number of halogens is 2. The molecule has 0 bridgehead atoms. The van der Waals surface area contributed by atoms with Crippen LogP contribution in [0, 0.1) is 17.0 Å². The van der Waals surface area contributed by atoms with Gasteiger partial charge in [0.05, 0.1) is 21.1 Å². The summed E-state index contributed by atoms with van der Waals surface area (Å²) in [6, 6.07) is 9.29. The number of nitrogens with one attached hydrogen (secondary N) is 1. The Hall–Kier alpha value is -3.58. The number of esters is 1. The number of alkyl halides is 2. The van der Waals surface area contributed by atoms with Crippen LogP contribution >= 0.6 is 23.1 Å². The van der Waals surface area contributed by atoms with Crippen LogP contribution < -0.4 is 10.1 Å². The van der Waals surface area contributed by atoms with Gasteiger partial charge in [0, 0.05) is 17.1 Å². The summed E-state index contributed by atoms with van der Waals surface area (Å²) in [7, 11) is 0. The van der Waals surface area contributed by atoms with Crippen molar-refractivity contribution in [2.45, 2.75) is 22.8 Å². The molecule has 0 aliphatic rings. The lowest BCUT2D eigenvalue weighted by Gasteiger charge is -2.12. The maximum Gasteiger partial charge on any atom is 0.387 e. The Morgan fingerprint density at radius 2 is 2.03 bits per heavy atom. The fraction of sp³-hybridized carbons (Fsp3) is 0.150. The lowest BCUT2D eigenvalue weighted by Crippen LogP contribution is -2.21. The van der Waals surface area contributed by atoms with E-state index in [9.17, 15) is 28.5 Å². The number of thiazole rings is 1. The maximum absolute atomic E-state index is 12.5. The standard InChI is InChI=1S/C20H15F2N3O6S2/c1-11-10-32-20(23-11)33-16-7-6-12(8-14(16)25(28)29)18(27)30-9-17(26)24-13-4-2-3-5-15(13)31-19(21)22/h2-8,10,19H,9H2,1H3,(H,24,26). The van der Waals surface area contributed by atoms with Crippen molar-refractivity contribution in [3.05, 3.63) is 69.2 Å². The van der Waals surface area contributed by atoms with Gasteiger partial charge in [0.2, 0.25) is 0 Å². The molecule has 1 amide bonds. The van der Waals surface area contributed by atoms with E-state index in [1.807, 2.05) is 5.38 Å². The molecule has 1 heterocycles. The number of aromatic nitrogens is 1. The molecule has 1 aromatic heterocycles. The maximum atomic E-state index is 12.5. The first-order chi connectivity index (χ1) is 15.7. The zero-order valence-corrected chi connectivity index (χ0v) is 18.5. The van der Waals surface area contributed by atoms with Crippen LogP contribution in [-0.4, -0.2) is 35.0 Å². The first kappa shape index (κ1) is 24.1. The van der Waals surface area contributed by atoms with E-state index in [0.717, 1.165) is 23.5 Å². The van der Waals surface area contributed by atoms with Gasteiger partial charge in [-0.25, -0.2) is 9.78 Å². The number of ether oxygens (including phenoxy) is 2. The Labute approximate surface area is 193 Å². The Morgan fingerprint density at radius 1 is 1.27 bits per heavy atom. The molecule has 0 aliphatic carbocycles. The molecule has 2 aromatic carbocycles. The van der Waals surface area contributed by atoms with E-state index >= 15 is 0 Å². The molecular weight excluding hydrogens is 480 g/mol. The van der Waals surface area contributed by atoms with Crippen LogP contribution in [-0.2, 0) is 9.53 Å². The predicted molar refractivity (Wildman–Crippen MR) is 116 cm³/mol. The molecule has 0 saturated carbocycles. The van der Waals surface area contributed by atoms with Crippen molar-refractivity contribution in [3.8, 4) is 5.75 Å². The molecule has 172 valence electrons. The molecule has 33 heavy (non-hydrogen) atoms. The summed E-state index contributed by atoms with van der Waals surface area (Å²) in [5, 5.41) is 15.6. The van der Waals surface area contributed by atoms with Gasteiger partial charge >= 0.3 is 12.6 Å². The van der Waals surface area contributed by atoms with E-state index in [4.69, 9.17) is 4.74 Å². The van der Waals surface area contributed by atoms with E-state index in [1.54, 1.807) is 6.92 Å². The fourth-order valence-corrected chi connectivity index (χ4v) is 4.39. The summed E-state index contributed by atoms with van der Waals surface area (Å²) in [6.07, 6.45) is 0. The zero-order valence-electron chi connectivity index (χ0n) is 16.8. The van der Waals surface area contributed by atoms with Crippen LogP contribution in [0.4, 0.5) is 20.2 Å². The van der Waals surface area contributed by atoms with Crippen LogP contribution in [0.1, 0.15) is 16.1 Å². The molecule has 0 unspecified atom stereocenters. The minimum atomic E-state index is -3.09. The highest BCUT2D eigenvalue weighted by Crippen LogP contribution is 2.37. The van der Waals surface area contributed by atoms with E-state index in [0.29, 0.717) is 9.24 Å². The number of rotatable bonds is 9. The van der Waals surface area contributed by atoms with E-state index in [1.165, 1.54) is 47.7 Å². The van der Waals surface area contributed by atoms with Crippen molar-refractivity contribution < 1.29 is 32.8 Å². The molecule has 3 aromatic rings. The summed E-state index contributed by atoms with van der Waals surface area (Å²) in [6.45, 7) is -2.03. The minimum Gasteiger partial charge on any atom is -0.452 e. The molecule has 3 rings (SSSR count). The SMILES string of the molecule is Cc1csc(Sc2ccc(C(=O)OCC(=O)Nc3ccccc3OC(F)F)cc2[N+](=O)[O-])n1. The van der Waals surface area contributed by atoms with Crippen LogP contribution in [0.5, 0.6) is 5.75 Å². The number of nitro groups is 1. The smallest absolute Gasteiger partial charge is 0.387 e. The van der Waals surface area contributed by atoms with E-state index in [-0.39, 0.29) is 22.7 Å². The van der Waals surface area contributed by atoms with Gasteiger partial charge in [-0.3, -0.25) is 14.9 Å². The van der Waals surface area contributed by atoms with Crippen molar-refractivity contribution in [2.24, 2.45) is 0 Å². The number of hydrogen-bond acceptors (Lipinski definition) is 9. The quantitative estimate of drug-likeness (QED) is 0.253. The van der Waals surface area contributed by atoms with Crippen LogP contribution in [0.15, 0.2) is 57.1 Å². The van der Waals surface area contributed by atoms with Crippen molar-refractivity contribution in [1.82, 2.24) is 4.98 Å². The molecule has 0 radical (unpaired) electrons. The van der Waals surface area contributed by atoms with Crippen molar-refractivity contribution >= 4 is 46.3 Å². The zero-order chi connectivity index (χ0) is 24.0. The molecule has 1 N–H and O–H groups in total. The lowest BCUT2D eigenvalue weighted by molar-refractivity contribution is -0.387. The average molecular weight is 495 g/mol. The van der Waals surface area contributed by atoms with Gasteiger partial charge in [0.15, 0.2) is 10.9 Å². The van der Waals surface area contributed by atoms with Gasteiger partial charge in [-0.15, -0.1) is 11.3 Å². The van der Waals surface area contributed by atoms with E-state index < -0.39 is 30.0 Å². The third kappa shape index (κ3) is 6.70. The van der Waals surface area contributed by atoms with Gasteiger partial charge in [0.1, 0.15) is 5.75 Å². The van der Waals surface area contributed by atoms with Crippen LogP contribution in [0.2, 0.25) is 0 Å². The second-order valence-electron chi connectivity index (χ2n) is 6.30. The van der Waals surface area contributed by atoms with Gasteiger partial charge in [0.25, 0.3) is 11.6 Å². The van der Waals surface area contributed by atoms with Crippen molar-refractivity contribution in [2.75, 3.05) is 11.9 Å². The fourth-order valence-electron chi connectivity index (χ4n) is 2.52. The number of para-hydroxylation sites is 2. The normalized spacial score (nSPS) is 10.7. The summed E-state index contributed by atoms with van der Waals surface area (Å²) < 4.78 is 34.7. The Morgan fingerprint density at radius 3 is 2.70 bits per heavy atom. The molecule has 0 atom stereocenters. The monoisotopic (exact) mass is 495 g/mol. The van der Waals surface area contributed by atoms with E-state index in [2.05, 4.69) is 15.0 Å². The highest BCUT2D eigenvalue weighted by atomic mass is 32.2. The molecule has 0 aliphatic heterocycles. The molecule has 13 heteroatoms. The molecule has 0 saturated heterocycles. The van der Waals surface area contributed by atoms with Crippen molar-refractivity contribution in [3.63, 3.8) is 0 Å². The van der Waals surface area contributed by atoms with Gasteiger partial charge in [-0.1, -0.05) is 23.9 Å². The number of hydrogen-bond donors (Lipinski definition) is 1. The van der Waals surface area contributed by atoms with Gasteiger partial charge in [-0.05, 0) is 31.2 Å².